The average molecular weight is 553 g/mol. The number of thioether (sulfide) groups is 1. The van der Waals surface area contributed by atoms with Gasteiger partial charge in [0.2, 0.25) is 0 Å². The third kappa shape index (κ3) is 9.28. The molecule has 2 aromatic rings. The number of nitrogens with zero attached hydrogens (tertiary/aromatic N) is 1. The van der Waals surface area contributed by atoms with Crippen LogP contribution in [-0.4, -0.2) is 39.0 Å². The Labute approximate surface area is 211 Å². The molecule has 0 aliphatic heterocycles. The highest BCUT2D eigenvalue weighted by Crippen LogP contribution is 2.40. The Morgan fingerprint density at radius 1 is 1.31 bits per heavy atom. The summed E-state index contributed by atoms with van der Waals surface area (Å²) < 4.78 is 60.4. The van der Waals surface area contributed by atoms with Gasteiger partial charge in [-0.3, -0.25) is 10.2 Å². The van der Waals surface area contributed by atoms with E-state index in [1.807, 2.05) is 13.8 Å². The van der Waals surface area contributed by atoms with Gasteiger partial charge in [0.05, 0.1) is 16.5 Å². The maximum absolute atomic E-state index is 13.0. The first kappa shape index (κ1) is 30.6. The van der Waals surface area contributed by atoms with Gasteiger partial charge in [0.25, 0.3) is 5.91 Å². The molecule has 0 saturated carbocycles. The lowest BCUT2D eigenvalue weighted by atomic mass is 10.1. The number of halogens is 3. The molecule has 1 atom stereocenters. The summed E-state index contributed by atoms with van der Waals surface area (Å²) in [5, 5.41) is 10.7. The van der Waals surface area contributed by atoms with E-state index in [9.17, 15) is 22.2 Å². The summed E-state index contributed by atoms with van der Waals surface area (Å²) in [4.78, 5) is 11.8. The molecule has 14 heteroatoms. The van der Waals surface area contributed by atoms with Crippen molar-refractivity contribution in [2.75, 3.05) is 13.2 Å². The van der Waals surface area contributed by atoms with Gasteiger partial charge in [-0.05, 0) is 42.8 Å². The van der Waals surface area contributed by atoms with Crippen LogP contribution in [-0.2, 0) is 23.6 Å². The molecule has 0 aliphatic rings. The number of nitrogens with two attached hydrogens (primary N) is 1. The molecular formula is C21H27F3N4O4S3. The van der Waals surface area contributed by atoms with Gasteiger partial charge in [-0.15, -0.1) is 11.3 Å². The Kier molecular flexibility index (Phi) is 11.9. The highest BCUT2D eigenvalue weighted by molar-refractivity contribution is 8.26. The third-order valence-corrected chi connectivity index (χ3v) is 7.52. The van der Waals surface area contributed by atoms with Gasteiger partial charge in [-0.1, -0.05) is 26.0 Å². The van der Waals surface area contributed by atoms with E-state index in [1.54, 1.807) is 31.2 Å². The fourth-order valence-electron chi connectivity index (χ4n) is 2.49. The van der Waals surface area contributed by atoms with Crippen LogP contribution in [0.15, 0.2) is 39.6 Å². The molecule has 1 amide bonds. The van der Waals surface area contributed by atoms with Crippen molar-refractivity contribution in [3.05, 3.63) is 45.6 Å². The standard InChI is InChI=1S/C21H25F3N4O3S3.H2O/c1-4-31-15-11-16(21(22,23)24)32-17(15)19(29)27-10-9-13-5-7-14(8-6-13)34(30)28-20(26)33-18(25)12(2)3;/h5-8,11-12,25H,4,9-10H2,1-3H3,(H2,26,28)(H,27,29);1H2. The summed E-state index contributed by atoms with van der Waals surface area (Å²) in [5.74, 6) is -0.745. The number of rotatable bonds is 9. The van der Waals surface area contributed by atoms with Gasteiger partial charge in [-0.2, -0.15) is 17.6 Å². The van der Waals surface area contributed by atoms with Crippen molar-refractivity contribution in [2.24, 2.45) is 16.0 Å². The molecule has 6 N–H and O–H groups in total. The zero-order valence-electron chi connectivity index (χ0n) is 19.2. The summed E-state index contributed by atoms with van der Waals surface area (Å²) in [5.41, 5.74) is 6.57. The summed E-state index contributed by atoms with van der Waals surface area (Å²) in [6.07, 6.45) is -4.15. The topological polar surface area (TPSA) is 149 Å². The van der Waals surface area contributed by atoms with Crippen molar-refractivity contribution in [1.82, 2.24) is 5.32 Å². The first-order valence-corrected chi connectivity index (χ1v) is 12.9. The molecule has 35 heavy (non-hydrogen) atoms. The number of carbonyl (C=O) groups excluding carboxylic acids is 1. The molecule has 8 nitrogen and oxygen atoms in total. The molecule has 0 radical (unpaired) electrons. The summed E-state index contributed by atoms with van der Waals surface area (Å²) >= 11 is 1.30. The zero-order valence-corrected chi connectivity index (χ0v) is 21.6. The molecule has 1 aromatic heterocycles. The number of amidine groups is 1. The lowest BCUT2D eigenvalue weighted by Crippen LogP contribution is -2.25. The van der Waals surface area contributed by atoms with Gasteiger partial charge in [0.1, 0.15) is 15.5 Å². The van der Waals surface area contributed by atoms with Gasteiger partial charge in [0.15, 0.2) is 16.2 Å². The third-order valence-electron chi connectivity index (χ3n) is 4.22. The predicted molar refractivity (Wildman–Crippen MR) is 135 cm³/mol. The Bertz CT molecular complexity index is 1070. The maximum atomic E-state index is 13.0. The summed E-state index contributed by atoms with van der Waals surface area (Å²) in [7, 11) is -1.73. The Balaban J connectivity index is 0.00000612. The minimum absolute atomic E-state index is 0. The van der Waals surface area contributed by atoms with Crippen LogP contribution in [0.5, 0.6) is 5.75 Å². The number of hydrogen-bond acceptors (Lipinski definition) is 6. The SMILES string of the molecule is CCOc1cc(C(F)(F)F)sc1C(=O)NCCc1ccc(S(=O)/N=C(/N)SC(=N)C(C)C)cc1.O. The number of carbonyl (C=O) groups is 1. The van der Waals surface area contributed by atoms with E-state index in [0.29, 0.717) is 27.7 Å². The maximum Gasteiger partial charge on any atom is 0.425 e. The number of nitrogens with one attached hydrogen (secondary N) is 2. The van der Waals surface area contributed by atoms with Crippen molar-refractivity contribution in [3.8, 4) is 5.75 Å². The second-order valence-corrected chi connectivity index (χ2v) is 10.5. The number of hydrogen-bond donors (Lipinski definition) is 3. The van der Waals surface area contributed by atoms with Gasteiger partial charge >= 0.3 is 6.18 Å². The molecular weight excluding hydrogens is 525 g/mol. The first-order chi connectivity index (χ1) is 15.9. The molecule has 0 saturated heterocycles. The molecule has 1 heterocycles. The van der Waals surface area contributed by atoms with Crippen LogP contribution in [0.1, 0.15) is 40.9 Å². The van der Waals surface area contributed by atoms with Crippen molar-refractivity contribution >= 4 is 50.2 Å². The molecule has 194 valence electrons. The molecule has 0 aliphatic carbocycles. The Morgan fingerprint density at radius 2 is 1.94 bits per heavy atom. The zero-order chi connectivity index (χ0) is 25.5. The normalized spacial score (nSPS) is 12.7. The van der Waals surface area contributed by atoms with E-state index in [2.05, 4.69) is 9.71 Å². The predicted octanol–water partition coefficient (Wildman–Crippen LogP) is 4.02. The van der Waals surface area contributed by atoms with Crippen LogP contribution in [0.3, 0.4) is 0 Å². The fraction of sp³-hybridized carbons (Fsp3) is 0.381. The largest absolute Gasteiger partial charge is 0.492 e. The molecule has 0 spiro atoms. The highest BCUT2D eigenvalue weighted by atomic mass is 32.2. The monoisotopic (exact) mass is 552 g/mol. The number of thiophene rings is 1. The Hall–Kier alpha value is -2.42. The number of benzene rings is 1. The second-order valence-electron chi connectivity index (χ2n) is 7.18. The first-order valence-electron chi connectivity index (χ1n) is 10.2. The van der Waals surface area contributed by atoms with E-state index in [-0.39, 0.29) is 40.3 Å². The summed E-state index contributed by atoms with van der Waals surface area (Å²) in [6, 6.07) is 7.50. The Morgan fingerprint density at radius 3 is 2.49 bits per heavy atom. The van der Waals surface area contributed by atoms with Crippen LogP contribution in [0, 0.1) is 11.3 Å². The molecule has 2 rings (SSSR count). The van der Waals surface area contributed by atoms with Crippen LogP contribution in [0.25, 0.3) is 0 Å². The minimum Gasteiger partial charge on any atom is -0.492 e. The highest BCUT2D eigenvalue weighted by Gasteiger charge is 2.35. The van der Waals surface area contributed by atoms with Crippen LogP contribution in [0.2, 0.25) is 0 Å². The van der Waals surface area contributed by atoms with Crippen molar-refractivity contribution in [2.45, 2.75) is 38.3 Å². The summed E-state index contributed by atoms with van der Waals surface area (Å²) in [6.45, 7) is 5.64. The number of ether oxygens (including phenoxy) is 1. The van der Waals surface area contributed by atoms with Gasteiger partial charge < -0.3 is 21.3 Å². The molecule has 0 fully saturated rings. The van der Waals surface area contributed by atoms with E-state index in [4.69, 9.17) is 15.9 Å². The number of amides is 1. The quantitative estimate of drug-likeness (QED) is 0.317. The smallest absolute Gasteiger partial charge is 0.425 e. The van der Waals surface area contributed by atoms with Crippen molar-refractivity contribution in [3.63, 3.8) is 0 Å². The lowest BCUT2D eigenvalue weighted by molar-refractivity contribution is -0.134. The number of alkyl halides is 3. The van der Waals surface area contributed by atoms with Crippen LogP contribution >= 0.6 is 23.1 Å². The lowest BCUT2D eigenvalue weighted by Gasteiger charge is -2.07. The van der Waals surface area contributed by atoms with Crippen LogP contribution in [0.4, 0.5) is 13.2 Å². The van der Waals surface area contributed by atoms with Gasteiger partial charge in [-0.25, -0.2) is 4.21 Å². The van der Waals surface area contributed by atoms with Crippen LogP contribution < -0.4 is 15.8 Å². The van der Waals surface area contributed by atoms with E-state index < -0.39 is 27.9 Å². The van der Waals surface area contributed by atoms with E-state index in [0.717, 1.165) is 23.4 Å². The molecule has 1 unspecified atom stereocenters. The molecule has 0 bridgehead atoms. The minimum atomic E-state index is -4.56. The van der Waals surface area contributed by atoms with Crippen molar-refractivity contribution in [1.29, 1.82) is 5.41 Å². The van der Waals surface area contributed by atoms with Gasteiger partial charge in [0, 0.05) is 18.5 Å². The molecule has 1 aromatic carbocycles. The van der Waals surface area contributed by atoms with E-state index >= 15 is 0 Å². The average Bonchev–Trinajstić information content (AvgIpc) is 3.19. The second kappa shape index (κ2) is 13.6. The van der Waals surface area contributed by atoms with Crippen molar-refractivity contribution < 1.29 is 32.4 Å². The fourth-order valence-corrected chi connectivity index (χ4v) is 4.83. The van der Waals surface area contributed by atoms with E-state index in [1.165, 1.54) is 0 Å².